The maximum Gasteiger partial charge on any atom is 0.157 e. The van der Waals surface area contributed by atoms with Gasteiger partial charge in [-0.1, -0.05) is 31.4 Å². The Morgan fingerprint density at radius 2 is 2.12 bits per heavy atom. The lowest BCUT2D eigenvalue weighted by atomic mass is 10.0. The first kappa shape index (κ1) is 11.0. The van der Waals surface area contributed by atoms with Gasteiger partial charge < -0.3 is 0 Å². The first-order valence-electron chi connectivity index (χ1n) is 6.33. The Bertz CT molecular complexity index is 541. The molecule has 3 nitrogen and oxygen atoms in total. The third-order valence-electron chi connectivity index (χ3n) is 3.59. The van der Waals surface area contributed by atoms with Crippen molar-refractivity contribution in [2.24, 2.45) is 0 Å². The van der Waals surface area contributed by atoms with E-state index in [-0.39, 0.29) is 0 Å². The summed E-state index contributed by atoms with van der Waals surface area (Å²) in [6.45, 7) is 2.09. The zero-order valence-corrected chi connectivity index (χ0v) is 10.7. The highest BCUT2D eigenvalue weighted by atomic mass is 35.5. The van der Waals surface area contributed by atoms with Gasteiger partial charge in [0, 0.05) is 17.7 Å². The average molecular weight is 250 g/mol. The number of hydrogen-bond acceptors (Lipinski definition) is 2. The van der Waals surface area contributed by atoms with Crippen molar-refractivity contribution in [1.82, 2.24) is 14.6 Å². The minimum Gasteiger partial charge on any atom is -0.233 e. The van der Waals surface area contributed by atoms with Gasteiger partial charge in [0.1, 0.15) is 5.15 Å². The normalized spacial score (nSPS) is 17.1. The number of hydrogen-bond donors (Lipinski definition) is 0. The van der Waals surface area contributed by atoms with E-state index in [1.165, 1.54) is 25.7 Å². The van der Waals surface area contributed by atoms with Crippen molar-refractivity contribution in [1.29, 1.82) is 0 Å². The zero-order valence-electron chi connectivity index (χ0n) is 9.99. The maximum absolute atomic E-state index is 6.27. The van der Waals surface area contributed by atoms with Gasteiger partial charge in [0.05, 0.1) is 5.69 Å². The Morgan fingerprint density at radius 1 is 1.35 bits per heavy atom. The third-order valence-corrected chi connectivity index (χ3v) is 3.86. The lowest BCUT2D eigenvalue weighted by molar-refractivity contribution is 0.694. The summed E-state index contributed by atoms with van der Waals surface area (Å²) in [4.78, 5) is 4.70. The molecule has 0 atom stereocenters. The molecule has 90 valence electrons. The molecule has 4 heteroatoms. The molecular weight excluding hydrogens is 234 g/mol. The van der Waals surface area contributed by atoms with Crippen LogP contribution in [-0.4, -0.2) is 14.6 Å². The van der Waals surface area contributed by atoms with Crippen molar-refractivity contribution in [3.63, 3.8) is 0 Å². The van der Waals surface area contributed by atoms with Crippen molar-refractivity contribution < 1.29 is 0 Å². The molecule has 1 aliphatic carbocycles. The zero-order chi connectivity index (χ0) is 11.8. The van der Waals surface area contributed by atoms with E-state index >= 15 is 0 Å². The van der Waals surface area contributed by atoms with Gasteiger partial charge in [-0.15, -0.1) is 0 Å². The lowest BCUT2D eigenvalue weighted by Crippen LogP contribution is -2.01. The number of halogens is 1. The van der Waals surface area contributed by atoms with Crippen LogP contribution in [0.15, 0.2) is 12.1 Å². The summed E-state index contributed by atoms with van der Waals surface area (Å²) >= 11 is 6.27. The SMILES string of the molecule is CCc1cc2nc(C3CCCC3)cc(Cl)n2n1. The molecule has 0 bridgehead atoms. The average Bonchev–Trinajstić information content (AvgIpc) is 2.97. The first-order chi connectivity index (χ1) is 8.28. The van der Waals surface area contributed by atoms with Gasteiger partial charge in [-0.25, -0.2) is 9.50 Å². The standard InChI is InChI=1S/C13H16ClN3/c1-2-10-7-13-15-11(9-5-3-4-6-9)8-12(14)17(13)16-10/h7-9H,2-6H2,1H3. The maximum atomic E-state index is 6.27. The topological polar surface area (TPSA) is 30.2 Å². The van der Waals surface area contributed by atoms with Crippen LogP contribution in [0.4, 0.5) is 0 Å². The summed E-state index contributed by atoms with van der Waals surface area (Å²) in [6.07, 6.45) is 6.03. The third kappa shape index (κ3) is 1.93. The highest BCUT2D eigenvalue weighted by Gasteiger charge is 2.20. The van der Waals surface area contributed by atoms with Crippen molar-refractivity contribution in [2.75, 3.05) is 0 Å². The number of aromatic nitrogens is 3. The van der Waals surface area contributed by atoms with E-state index in [0.29, 0.717) is 11.1 Å². The Hall–Kier alpha value is -1.09. The molecule has 0 N–H and O–H groups in total. The molecule has 0 radical (unpaired) electrons. The summed E-state index contributed by atoms with van der Waals surface area (Å²) in [5.41, 5.74) is 3.07. The molecule has 2 heterocycles. The number of rotatable bonds is 2. The molecule has 2 aromatic heterocycles. The molecule has 1 fully saturated rings. The molecule has 0 aliphatic heterocycles. The minimum absolute atomic E-state index is 0.595. The van der Waals surface area contributed by atoms with Gasteiger partial charge in [-0.05, 0) is 25.3 Å². The molecule has 17 heavy (non-hydrogen) atoms. The molecule has 3 rings (SSSR count). The van der Waals surface area contributed by atoms with Crippen LogP contribution in [0.2, 0.25) is 5.15 Å². The summed E-state index contributed by atoms with van der Waals surface area (Å²) in [5, 5.41) is 5.10. The Balaban J connectivity index is 2.09. The van der Waals surface area contributed by atoms with E-state index in [2.05, 4.69) is 12.0 Å². The number of nitrogens with zero attached hydrogens (tertiary/aromatic N) is 3. The number of aryl methyl sites for hydroxylation is 1. The van der Waals surface area contributed by atoms with E-state index in [1.54, 1.807) is 4.52 Å². The van der Waals surface area contributed by atoms with Crippen molar-refractivity contribution in [3.8, 4) is 0 Å². The first-order valence-corrected chi connectivity index (χ1v) is 6.71. The second kappa shape index (κ2) is 4.30. The predicted octanol–water partition coefficient (Wildman–Crippen LogP) is 3.60. The second-order valence-corrected chi connectivity index (χ2v) is 5.13. The molecule has 0 amide bonds. The van der Waals surface area contributed by atoms with Crippen LogP contribution in [0.5, 0.6) is 0 Å². The summed E-state index contributed by atoms with van der Waals surface area (Å²) in [7, 11) is 0. The van der Waals surface area contributed by atoms with Crippen LogP contribution in [0.1, 0.15) is 49.9 Å². The van der Waals surface area contributed by atoms with Crippen LogP contribution in [0, 0.1) is 0 Å². The fourth-order valence-electron chi connectivity index (χ4n) is 2.61. The fraction of sp³-hybridized carbons (Fsp3) is 0.538. The van der Waals surface area contributed by atoms with Gasteiger partial charge >= 0.3 is 0 Å². The lowest BCUT2D eigenvalue weighted by Gasteiger charge is -2.09. The highest BCUT2D eigenvalue weighted by Crippen LogP contribution is 2.34. The van der Waals surface area contributed by atoms with Crippen LogP contribution in [0.3, 0.4) is 0 Å². The molecular formula is C13H16ClN3. The van der Waals surface area contributed by atoms with Crippen molar-refractivity contribution in [2.45, 2.75) is 44.9 Å². The summed E-state index contributed by atoms with van der Waals surface area (Å²) in [6, 6.07) is 4.02. The van der Waals surface area contributed by atoms with Crippen LogP contribution < -0.4 is 0 Å². The Morgan fingerprint density at radius 3 is 2.82 bits per heavy atom. The van der Waals surface area contributed by atoms with Gasteiger partial charge in [0.15, 0.2) is 5.65 Å². The van der Waals surface area contributed by atoms with Crippen LogP contribution >= 0.6 is 11.6 Å². The minimum atomic E-state index is 0.595. The Labute approximate surface area is 106 Å². The van der Waals surface area contributed by atoms with Crippen LogP contribution in [0.25, 0.3) is 5.65 Å². The molecule has 1 aliphatic rings. The molecule has 2 aromatic rings. The molecule has 0 aromatic carbocycles. The molecule has 1 saturated carbocycles. The predicted molar refractivity (Wildman–Crippen MR) is 68.6 cm³/mol. The summed E-state index contributed by atoms with van der Waals surface area (Å²) in [5.74, 6) is 0.595. The van der Waals surface area contributed by atoms with E-state index in [0.717, 1.165) is 23.5 Å². The van der Waals surface area contributed by atoms with Crippen LogP contribution in [-0.2, 0) is 6.42 Å². The number of fused-ring (bicyclic) bond motifs is 1. The Kier molecular flexibility index (Phi) is 2.79. The van der Waals surface area contributed by atoms with Crippen molar-refractivity contribution >= 4 is 17.2 Å². The van der Waals surface area contributed by atoms with E-state index < -0.39 is 0 Å². The van der Waals surface area contributed by atoms with Gasteiger partial charge in [-0.2, -0.15) is 5.10 Å². The van der Waals surface area contributed by atoms with E-state index in [9.17, 15) is 0 Å². The van der Waals surface area contributed by atoms with Gasteiger partial charge in [-0.3, -0.25) is 0 Å². The van der Waals surface area contributed by atoms with E-state index in [1.807, 2.05) is 12.1 Å². The molecule has 0 unspecified atom stereocenters. The largest absolute Gasteiger partial charge is 0.233 e. The van der Waals surface area contributed by atoms with Gasteiger partial charge in [0.25, 0.3) is 0 Å². The molecule has 0 saturated heterocycles. The van der Waals surface area contributed by atoms with Crippen molar-refractivity contribution in [3.05, 3.63) is 28.7 Å². The smallest absolute Gasteiger partial charge is 0.157 e. The highest BCUT2D eigenvalue weighted by molar-refractivity contribution is 6.29. The quantitative estimate of drug-likeness (QED) is 0.762. The summed E-state index contributed by atoms with van der Waals surface area (Å²) < 4.78 is 1.73. The fourth-order valence-corrected chi connectivity index (χ4v) is 2.84. The monoisotopic (exact) mass is 249 g/mol. The molecule has 0 spiro atoms. The van der Waals surface area contributed by atoms with E-state index in [4.69, 9.17) is 16.6 Å². The van der Waals surface area contributed by atoms with Gasteiger partial charge in [0.2, 0.25) is 0 Å². The second-order valence-electron chi connectivity index (χ2n) is 4.74.